The first kappa shape index (κ1) is 12.7. The predicted molar refractivity (Wildman–Crippen MR) is 74.5 cm³/mol. The Bertz CT molecular complexity index is 639. The van der Waals surface area contributed by atoms with Crippen molar-refractivity contribution >= 4 is 17.6 Å². The number of aromatic hydroxyl groups is 1. The van der Waals surface area contributed by atoms with Crippen molar-refractivity contribution < 1.29 is 19.4 Å². The summed E-state index contributed by atoms with van der Waals surface area (Å²) in [7, 11) is 0. The van der Waals surface area contributed by atoms with Crippen LogP contribution in [-0.4, -0.2) is 23.1 Å². The molecule has 1 aromatic rings. The van der Waals surface area contributed by atoms with Gasteiger partial charge in [-0.1, -0.05) is 6.07 Å². The summed E-state index contributed by atoms with van der Waals surface area (Å²) in [6.07, 6.45) is 1.73. The highest BCUT2D eigenvalue weighted by Gasteiger charge is 2.63. The number of nitrogens with one attached hydrogen (secondary N) is 1. The number of rotatable bonds is 2. The quantitative estimate of drug-likeness (QED) is 0.643. The van der Waals surface area contributed by atoms with Gasteiger partial charge in [0.15, 0.2) is 0 Å². The number of aryl methyl sites for hydroxylation is 1. The molecule has 4 rings (SSSR count). The molecule has 5 atom stereocenters. The van der Waals surface area contributed by atoms with Gasteiger partial charge in [0.1, 0.15) is 11.9 Å². The van der Waals surface area contributed by atoms with Gasteiger partial charge in [-0.15, -0.1) is 0 Å². The maximum absolute atomic E-state index is 12.6. The summed E-state index contributed by atoms with van der Waals surface area (Å²) in [5, 5.41) is 12.6. The third-order valence-electron chi connectivity index (χ3n) is 5.20. The second-order valence-corrected chi connectivity index (χ2v) is 6.43. The summed E-state index contributed by atoms with van der Waals surface area (Å²) in [6.45, 7) is 1.89. The van der Waals surface area contributed by atoms with Gasteiger partial charge < -0.3 is 15.2 Å². The van der Waals surface area contributed by atoms with E-state index in [1.807, 2.05) is 6.92 Å². The highest BCUT2D eigenvalue weighted by molar-refractivity contribution is 5.97. The Kier molecular flexibility index (Phi) is 2.55. The number of phenols is 1. The first-order chi connectivity index (χ1) is 10.0. The number of fused-ring (bicyclic) bond motifs is 1. The molecular formula is C16H17NO4. The van der Waals surface area contributed by atoms with Crippen molar-refractivity contribution in [3.63, 3.8) is 0 Å². The van der Waals surface area contributed by atoms with E-state index in [1.165, 1.54) is 0 Å². The third kappa shape index (κ3) is 1.76. The normalized spacial score (nSPS) is 35.9. The molecule has 0 radical (unpaired) electrons. The van der Waals surface area contributed by atoms with Gasteiger partial charge >= 0.3 is 5.97 Å². The number of carbonyl (C=O) groups excluding carboxylic acids is 2. The number of esters is 1. The van der Waals surface area contributed by atoms with Crippen molar-refractivity contribution in [2.45, 2.75) is 25.9 Å². The van der Waals surface area contributed by atoms with Gasteiger partial charge in [-0.05, 0) is 43.4 Å². The van der Waals surface area contributed by atoms with E-state index in [2.05, 4.69) is 5.32 Å². The number of ether oxygens (including phenoxy) is 1. The Morgan fingerprint density at radius 3 is 3.00 bits per heavy atom. The lowest BCUT2D eigenvalue weighted by Crippen LogP contribution is -2.35. The zero-order chi connectivity index (χ0) is 14.7. The van der Waals surface area contributed by atoms with E-state index in [1.54, 1.807) is 18.2 Å². The second-order valence-electron chi connectivity index (χ2n) is 6.43. The number of anilines is 1. The van der Waals surface area contributed by atoms with E-state index in [-0.39, 0.29) is 47.4 Å². The van der Waals surface area contributed by atoms with E-state index in [4.69, 9.17) is 4.74 Å². The average molecular weight is 287 g/mol. The number of hydrogen-bond donors (Lipinski definition) is 2. The number of carbonyl (C=O) groups is 2. The minimum absolute atomic E-state index is 0.0314. The van der Waals surface area contributed by atoms with E-state index in [0.717, 1.165) is 18.4 Å². The SMILES string of the molecule is Cc1ccc(O)c(NC(=O)[C@@H]2[C@H]3C[C@@H]4[C@@H]2C(=O)O[C@@H]4C3)c1. The smallest absolute Gasteiger partial charge is 0.310 e. The van der Waals surface area contributed by atoms with Gasteiger partial charge in [-0.25, -0.2) is 0 Å². The number of hydrogen-bond acceptors (Lipinski definition) is 4. The van der Waals surface area contributed by atoms with Crippen molar-refractivity contribution in [3.8, 4) is 5.75 Å². The first-order valence-electron chi connectivity index (χ1n) is 7.35. The molecule has 5 heteroatoms. The van der Waals surface area contributed by atoms with Crippen LogP contribution in [0, 0.1) is 30.6 Å². The fourth-order valence-corrected chi connectivity index (χ4v) is 4.33. The molecule has 1 saturated heterocycles. The molecular weight excluding hydrogens is 270 g/mol. The number of amides is 1. The number of benzene rings is 1. The van der Waals surface area contributed by atoms with Crippen molar-refractivity contribution in [3.05, 3.63) is 23.8 Å². The standard InChI is InChI=1S/C16H17NO4/c1-7-2-3-11(18)10(4-7)17-15(19)13-8-5-9-12(6-8)21-16(20)14(9)13/h2-4,8-9,12-14,18H,5-6H2,1H3,(H,17,19)/t8-,9-,12+,13+,14-/m0/s1. The van der Waals surface area contributed by atoms with Crippen LogP contribution < -0.4 is 5.32 Å². The molecule has 110 valence electrons. The van der Waals surface area contributed by atoms with Crippen LogP contribution in [0.5, 0.6) is 5.75 Å². The molecule has 2 aliphatic carbocycles. The molecule has 2 bridgehead atoms. The Morgan fingerprint density at radius 1 is 1.38 bits per heavy atom. The summed E-state index contributed by atoms with van der Waals surface area (Å²) in [4.78, 5) is 24.5. The van der Waals surface area contributed by atoms with Crippen LogP contribution in [0.2, 0.25) is 0 Å². The van der Waals surface area contributed by atoms with Gasteiger partial charge in [0.05, 0.1) is 17.5 Å². The van der Waals surface area contributed by atoms with E-state index in [0.29, 0.717) is 5.69 Å². The minimum Gasteiger partial charge on any atom is -0.506 e. The lowest BCUT2D eigenvalue weighted by molar-refractivity contribution is -0.145. The fourth-order valence-electron chi connectivity index (χ4n) is 4.33. The van der Waals surface area contributed by atoms with Crippen LogP contribution in [0.1, 0.15) is 18.4 Å². The Hall–Kier alpha value is -2.04. The zero-order valence-electron chi connectivity index (χ0n) is 11.7. The summed E-state index contributed by atoms with van der Waals surface area (Å²) < 4.78 is 5.34. The van der Waals surface area contributed by atoms with Crippen LogP contribution in [-0.2, 0) is 14.3 Å². The topological polar surface area (TPSA) is 75.6 Å². The Labute approximate surface area is 122 Å². The van der Waals surface area contributed by atoms with Gasteiger partial charge in [-0.2, -0.15) is 0 Å². The second kappa shape index (κ2) is 4.23. The van der Waals surface area contributed by atoms with Crippen molar-refractivity contribution in [2.75, 3.05) is 5.32 Å². The Morgan fingerprint density at radius 2 is 2.19 bits per heavy atom. The first-order valence-corrected chi connectivity index (χ1v) is 7.35. The summed E-state index contributed by atoms with van der Waals surface area (Å²) in [5.74, 6) is -0.525. The van der Waals surface area contributed by atoms with E-state index in [9.17, 15) is 14.7 Å². The van der Waals surface area contributed by atoms with Gasteiger partial charge in [-0.3, -0.25) is 9.59 Å². The molecule has 0 aromatic heterocycles. The molecule has 3 fully saturated rings. The van der Waals surface area contributed by atoms with E-state index < -0.39 is 0 Å². The lowest BCUT2D eigenvalue weighted by Gasteiger charge is -2.23. The van der Waals surface area contributed by atoms with Crippen LogP contribution in [0.3, 0.4) is 0 Å². The van der Waals surface area contributed by atoms with Crippen molar-refractivity contribution in [1.82, 2.24) is 0 Å². The summed E-state index contributed by atoms with van der Waals surface area (Å²) in [5.41, 5.74) is 1.36. The van der Waals surface area contributed by atoms with Gasteiger partial charge in [0.25, 0.3) is 0 Å². The predicted octanol–water partition coefficient (Wildman–Crippen LogP) is 1.84. The van der Waals surface area contributed by atoms with Crippen LogP contribution in [0.4, 0.5) is 5.69 Å². The maximum Gasteiger partial charge on any atom is 0.310 e. The molecule has 21 heavy (non-hydrogen) atoms. The average Bonchev–Trinajstić information content (AvgIpc) is 3.03. The monoisotopic (exact) mass is 287 g/mol. The summed E-state index contributed by atoms with van der Waals surface area (Å²) >= 11 is 0. The lowest BCUT2D eigenvalue weighted by atomic mass is 9.79. The van der Waals surface area contributed by atoms with Crippen LogP contribution in [0.25, 0.3) is 0 Å². The molecule has 3 aliphatic rings. The third-order valence-corrected chi connectivity index (χ3v) is 5.20. The van der Waals surface area contributed by atoms with Crippen molar-refractivity contribution in [1.29, 1.82) is 0 Å². The highest BCUT2D eigenvalue weighted by atomic mass is 16.6. The molecule has 5 nitrogen and oxygen atoms in total. The molecule has 0 spiro atoms. The highest BCUT2D eigenvalue weighted by Crippen LogP contribution is 2.57. The maximum atomic E-state index is 12.6. The minimum atomic E-state index is -0.318. The fraction of sp³-hybridized carbons (Fsp3) is 0.500. The Balaban J connectivity index is 1.58. The molecule has 0 unspecified atom stereocenters. The molecule has 1 amide bonds. The van der Waals surface area contributed by atoms with Crippen LogP contribution >= 0.6 is 0 Å². The van der Waals surface area contributed by atoms with Crippen molar-refractivity contribution in [2.24, 2.45) is 23.7 Å². The summed E-state index contributed by atoms with van der Waals surface area (Å²) in [6, 6.07) is 5.07. The zero-order valence-corrected chi connectivity index (χ0v) is 11.7. The largest absolute Gasteiger partial charge is 0.506 e. The molecule has 1 heterocycles. The van der Waals surface area contributed by atoms with Crippen LogP contribution in [0.15, 0.2) is 18.2 Å². The van der Waals surface area contributed by atoms with Gasteiger partial charge in [0.2, 0.25) is 5.91 Å². The molecule has 2 saturated carbocycles. The molecule has 2 N–H and O–H groups in total. The van der Waals surface area contributed by atoms with E-state index >= 15 is 0 Å². The number of phenolic OH excluding ortho intramolecular Hbond substituents is 1. The molecule has 1 aliphatic heterocycles. The molecule has 1 aromatic carbocycles. The van der Waals surface area contributed by atoms with Gasteiger partial charge in [0, 0.05) is 5.92 Å².